The third-order valence-electron chi connectivity index (χ3n) is 8.99. The van der Waals surface area contributed by atoms with Gasteiger partial charge in [-0.25, -0.2) is 8.42 Å². The second-order valence-electron chi connectivity index (χ2n) is 11.6. The zero-order valence-corrected chi connectivity index (χ0v) is 23.3. The van der Waals surface area contributed by atoms with Crippen molar-refractivity contribution in [2.45, 2.75) is 55.4 Å². The van der Waals surface area contributed by atoms with Crippen molar-refractivity contribution in [3.8, 4) is 0 Å². The Bertz CT molecular complexity index is 1650. The molecule has 0 amide bonds. The van der Waals surface area contributed by atoms with Crippen LogP contribution < -0.4 is 9.60 Å². The number of hydrogen-bond donors (Lipinski definition) is 1. The maximum atomic E-state index is 13.3. The van der Waals surface area contributed by atoms with E-state index in [0.717, 1.165) is 34.7 Å². The SMILES string of the molecule is O=c1sc2cc(S(=O)(=O)Nc3ccc(C45CC6CC(CC(C6)C4)C5)cc3)ccc2n1Cc1ccc(Cl)cc1. The first-order valence-corrected chi connectivity index (χ1v) is 16.0. The molecule has 8 heteroatoms. The molecule has 4 aromatic rings. The highest BCUT2D eigenvalue weighted by Gasteiger charge is 2.51. The zero-order chi connectivity index (χ0) is 26.1. The van der Waals surface area contributed by atoms with Gasteiger partial charge in [0.1, 0.15) is 0 Å². The van der Waals surface area contributed by atoms with Crippen molar-refractivity contribution in [3.63, 3.8) is 0 Å². The molecule has 0 atom stereocenters. The van der Waals surface area contributed by atoms with E-state index in [2.05, 4.69) is 16.9 Å². The van der Waals surface area contributed by atoms with E-state index in [-0.39, 0.29) is 15.2 Å². The molecule has 0 unspecified atom stereocenters. The topological polar surface area (TPSA) is 68.2 Å². The lowest BCUT2D eigenvalue weighted by Crippen LogP contribution is -2.48. The maximum absolute atomic E-state index is 13.3. The smallest absolute Gasteiger partial charge is 0.294 e. The van der Waals surface area contributed by atoms with Gasteiger partial charge in [-0.15, -0.1) is 0 Å². The number of benzene rings is 3. The molecule has 0 saturated heterocycles. The summed E-state index contributed by atoms with van der Waals surface area (Å²) in [6.45, 7) is 0.399. The third-order valence-corrected chi connectivity index (χ3v) is 11.6. The average Bonchev–Trinajstić information content (AvgIpc) is 3.19. The summed E-state index contributed by atoms with van der Waals surface area (Å²) >= 11 is 7.03. The fourth-order valence-electron chi connectivity index (χ4n) is 7.71. The lowest BCUT2D eigenvalue weighted by molar-refractivity contribution is -0.00518. The molecule has 196 valence electrons. The van der Waals surface area contributed by atoms with E-state index in [0.29, 0.717) is 27.5 Å². The average molecular weight is 565 g/mol. The first kappa shape index (κ1) is 24.4. The van der Waals surface area contributed by atoms with Crippen molar-refractivity contribution >= 4 is 48.9 Å². The standard InChI is InChI=1S/C30H29ClN2O3S2/c31-24-5-1-19(2-6-24)18-33-27-10-9-26(14-28(27)37-29(33)34)38(35,36)32-25-7-3-23(4-8-25)30-15-20-11-21(16-30)13-22(12-20)17-30/h1-10,14,20-22,32H,11-13,15-18H2. The van der Waals surface area contributed by atoms with Gasteiger partial charge >= 0.3 is 4.87 Å². The van der Waals surface area contributed by atoms with Gasteiger partial charge < -0.3 is 0 Å². The third kappa shape index (κ3) is 4.29. The molecule has 4 fully saturated rings. The minimum absolute atomic E-state index is 0.127. The van der Waals surface area contributed by atoms with Crippen LogP contribution in [0.3, 0.4) is 0 Å². The van der Waals surface area contributed by atoms with Gasteiger partial charge in [0.25, 0.3) is 10.0 Å². The molecule has 4 aliphatic carbocycles. The second kappa shape index (κ2) is 8.97. The Labute approximate surface area is 231 Å². The molecule has 38 heavy (non-hydrogen) atoms. The molecule has 5 nitrogen and oxygen atoms in total. The van der Waals surface area contributed by atoms with Gasteiger partial charge in [-0.05, 0) is 115 Å². The number of aromatic nitrogens is 1. The van der Waals surface area contributed by atoms with E-state index in [1.165, 1.54) is 44.1 Å². The molecule has 4 aliphatic rings. The van der Waals surface area contributed by atoms with Gasteiger partial charge in [0, 0.05) is 10.7 Å². The molecular formula is C30H29ClN2O3S2. The van der Waals surface area contributed by atoms with Crippen molar-refractivity contribution in [2.24, 2.45) is 17.8 Å². The van der Waals surface area contributed by atoms with Crippen LogP contribution >= 0.6 is 22.9 Å². The normalized spacial score (nSPS) is 26.2. The zero-order valence-electron chi connectivity index (χ0n) is 20.9. The minimum atomic E-state index is -3.80. The monoisotopic (exact) mass is 564 g/mol. The summed E-state index contributed by atoms with van der Waals surface area (Å²) in [6.07, 6.45) is 8.06. The number of rotatable bonds is 6. The summed E-state index contributed by atoms with van der Waals surface area (Å²) < 4.78 is 31.6. The summed E-state index contributed by atoms with van der Waals surface area (Å²) in [6, 6.07) is 20.3. The molecular weight excluding hydrogens is 536 g/mol. The lowest BCUT2D eigenvalue weighted by atomic mass is 9.48. The van der Waals surface area contributed by atoms with Crippen LogP contribution in [0.4, 0.5) is 5.69 Å². The van der Waals surface area contributed by atoms with E-state index in [9.17, 15) is 13.2 Å². The Morgan fingerprint density at radius 3 is 2.16 bits per heavy atom. The number of fused-ring (bicyclic) bond motifs is 1. The number of halogens is 1. The molecule has 1 heterocycles. The van der Waals surface area contributed by atoms with Crippen molar-refractivity contribution < 1.29 is 8.42 Å². The number of sulfonamides is 1. The van der Waals surface area contributed by atoms with Gasteiger partial charge in [-0.3, -0.25) is 14.1 Å². The van der Waals surface area contributed by atoms with Crippen molar-refractivity contribution in [1.82, 2.24) is 4.57 Å². The second-order valence-corrected chi connectivity index (χ2v) is 14.7. The Balaban J connectivity index is 1.12. The largest absolute Gasteiger partial charge is 0.308 e. The molecule has 3 aromatic carbocycles. The van der Waals surface area contributed by atoms with Gasteiger partial charge in [-0.2, -0.15) is 0 Å². The maximum Gasteiger partial charge on any atom is 0.308 e. The lowest BCUT2D eigenvalue weighted by Gasteiger charge is -2.57. The first-order valence-electron chi connectivity index (χ1n) is 13.3. The highest BCUT2D eigenvalue weighted by atomic mass is 35.5. The van der Waals surface area contributed by atoms with Crippen LogP contribution in [0.15, 0.2) is 76.4 Å². The molecule has 0 radical (unpaired) electrons. The van der Waals surface area contributed by atoms with E-state index in [1.807, 2.05) is 24.3 Å². The summed E-state index contributed by atoms with van der Waals surface area (Å²) in [7, 11) is -3.80. The fourth-order valence-corrected chi connectivity index (χ4v) is 9.92. The van der Waals surface area contributed by atoms with Gasteiger partial charge in [0.05, 0.1) is 21.7 Å². The summed E-state index contributed by atoms with van der Waals surface area (Å²) in [4.78, 5) is 12.7. The highest BCUT2D eigenvalue weighted by Crippen LogP contribution is 2.60. The van der Waals surface area contributed by atoms with Crippen molar-refractivity contribution in [3.05, 3.63) is 92.5 Å². The molecule has 4 saturated carbocycles. The minimum Gasteiger partial charge on any atom is -0.294 e. The van der Waals surface area contributed by atoms with E-state index < -0.39 is 10.0 Å². The molecule has 4 bridgehead atoms. The molecule has 8 rings (SSSR count). The van der Waals surface area contributed by atoms with Crippen LogP contribution in [-0.2, 0) is 22.0 Å². The van der Waals surface area contributed by atoms with Gasteiger partial charge in [0.2, 0.25) is 0 Å². The van der Waals surface area contributed by atoms with Crippen LogP contribution in [-0.4, -0.2) is 13.0 Å². The predicted molar refractivity (Wildman–Crippen MR) is 154 cm³/mol. The summed E-state index contributed by atoms with van der Waals surface area (Å²) in [5.41, 5.74) is 3.88. The first-order chi connectivity index (χ1) is 18.3. The molecule has 0 spiro atoms. The number of thiazole rings is 1. The molecule has 1 aromatic heterocycles. The number of nitrogens with zero attached hydrogens (tertiary/aromatic N) is 1. The highest BCUT2D eigenvalue weighted by molar-refractivity contribution is 7.92. The van der Waals surface area contributed by atoms with E-state index in [1.54, 1.807) is 34.9 Å². The van der Waals surface area contributed by atoms with Crippen LogP contribution in [0.25, 0.3) is 10.2 Å². The number of anilines is 1. The van der Waals surface area contributed by atoms with E-state index >= 15 is 0 Å². The van der Waals surface area contributed by atoms with Crippen molar-refractivity contribution in [1.29, 1.82) is 0 Å². The van der Waals surface area contributed by atoms with Crippen LogP contribution in [0, 0.1) is 17.8 Å². The predicted octanol–water partition coefficient (Wildman–Crippen LogP) is 7.03. The molecule has 0 aliphatic heterocycles. The van der Waals surface area contributed by atoms with Crippen LogP contribution in [0.2, 0.25) is 5.02 Å². The molecule has 1 N–H and O–H groups in total. The van der Waals surface area contributed by atoms with Crippen LogP contribution in [0.5, 0.6) is 0 Å². The van der Waals surface area contributed by atoms with Crippen LogP contribution in [0.1, 0.15) is 49.7 Å². The van der Waals surface area contributed by atoms with Crippen molar-refractivity contribution in [2.75, 3.05) is 4.72 Å². The number of nitrogens with one attached hydrogen (secondary N) is 1. The van der Waals surface area contributed by atoms with Gasteiger partial charge in [-0.1, -0.05) is 47.2 Å². The van der Waals surface area contributed by atoms with E-state index in [4.69, 9.17) is 11.6 Å². The number of hydrogen-bond acceptors (Lipinski definition) is 4. The Kier molecular flexibility index (Phi) is 5.77. The Morgan fingerprint density at radius 2 is 1.53 bits per heavy atom. The fraction of sp³-hybridized carbons (Fsp3) is 0.367. The Morgan fingerprint density at radius 1 is 0.895 bits per heavy atom. The Hall–Kier alpha value is -2.61. The quantitative estimate of drug-likeness (QED) is 0.273. The summed E-state index contributed by atoms with van der Waals surface area (Å²) in [5.74, 6) is 2.60. The summed E-state index contributed by atoms with van der Waals surface area (Å²) in [5, 5.41) is 0.640. The van der Waals surface area contributed by atoms with Gasteiger partial charge in [0.15, 0.2) is 0 Å².